The number of amides is 4. The Kier molecular flexibility index (Phi) is 4.65. The van der Waals surface area contributed by atoms with Gasteiger partial charge in [-0.2, -0.15) is 0 Å². The Morgan fingerprint density at radius 3 is 2.56 bits per heavy atom. The summed E-state index contributed by atoms with van der Waals surface area (Å²) in [6, 6.07) is 7.58. The van der Waals surface area contributed by atoms with Crippen LogP contribution in [0.15, 0.2) is 40.3 Å². The fourth-order valence-electron chi connectivity index (χ4n) is 2.36. The van der Waals surface area contributed by atoms with Gasteiger partial charge in [0.25, 0.3) is 11.8 Å². The third-order valence-corrected chi connectivity index (χ3v) is 4.36. The average Bonchev–Trinajstić information content (AvgIpc) is 3.03. The van der Waals surface area contributed by atoms with Crippen molar-refractivity contribution in [3.8, 4) is 11.3 Å². The van der Waals surface area contributed by atoms with Crippen molar-refractivity contribution in [2.75, 3.05) is 6.54 Å². The molecule has 0 bridgehead atoms. The molecule has 1 aliphatic heterocycles. The maximum absolute atomic E-state index is 12.2. The summed E-state index contributed by atoms with van der Waals surface area (Å²) >= 11 is 11.9. The number of nitrogens with one attached hydrogen (secondary N) is 1. The standard InChI is InChI=1S/C17H12Cl2N2O4/c1-2-21-16(23)11(15(22)20-17(21)24)8-10-4-6-14(25-10)9-3-5-12(18)13(19)7-9/h3-8H,2H2,1H3,(H,20,22,24). The number of nitrogens with zero attached hydrogens (tertiary/aromatic N) is 1. The molecular formula is C17H12Cl2N2O4. The lowest BCUT2D eigenvalue weighted by molar-refractivity contribution is -0.129. The van der Waals surface area contributed by atoms with Gasteiger partial charge in [-0.3, -0.25) is 19.8 Å². The molecule has 0 radical (unpaired) electrons. The van der Waals surface area contributed by atoms with E-state index in [2.05, 4.69) is 5.32 Å². The molecule has 2 aromatic rings. The Labute approximate surface area is 153 Å². The van der Waals surface area contributed by atoms with E-state index in [0.717, 1.165) is 4.90 Å². The van der Waals surface area contributed by atoms with Crippen LogP contribution < -0.4 is 5.32 Å². The minimum Gasteiger partial charge on any atom is -0.457 e. The van der Waals surface area contributed by atoms with Crippen molar-refractivity contribution in [2.45, 2.75) is 6.92 Å². The molecule has 6 nitrogen and oxygen atoms in total. The van der Waals surface area contributed by atoms with Gasteiger partial charge in [-0.1, -0.05) is 23.2 Å². The second-order valence-corrected chi connectivity index (χ2v) is 6.01. The van der Waals surface area contributed by atoms with Crippen molar-refractivity contribution in [3.05, 3.63) is 51.7 Å². The lowest BCUT2D eigenvalue weighted by Gasteiger charge is -2.24. The van der Waals surface area contributed by atoms with Gasteiger partial charge in [0.1, 0.15) is 17.1 Å². The van der Waals surface area contributed by atoms with Crippen molar-refractivity contribution in [1.29, 1.82) is 0 Å². The molecule has 1 N–H and O–H groups in total. The van der Waals surface area contributed by atoms with Crippen LogP contribution in [0.5, 0.6) is 0 Å². The molecule has 0 spiro atoms. The molecule has 3 rings (SSSR count). The Balaban J connectivity index is 1.93. The lowest BCUT2D eigenvalue weighted by atomic mass is 10.1. The molecule has 0 atom stereocenters. The smallest absolute Gasteiger partial charge is 0.331 e. The van der Waals surface area contributed by atoms with Gasteiger partial charge in [0, 0.05) is 12.1 Å². The fourth-order valence-corrected chi connectivity index (χ4v) is 2.66. The summed E-state index contributed by atoms with van der Waals surface area (Å²) in [5, 5.41) is 2.93. The largest absolute Gasteiger partial charge is 0.457 e. The molecule has 25 heavy (non-hydrogen) atoms. The van der Waals surface area contributed by atoms with Gasteiger partial charge in [-0.15, -0.1) is 0 Å². The molecule has 1 fully saturated rings. The molecule has 8 heteroatoms. The number of halogens is 2. The maximum Gasteiger partial charge on any atom is 0.331 e. The first-order valence-corrected chi connectivity index (χ1v) is 8.10. The van der Waals surface area contributed by atoms with E-state index in [1.165, 1.54) is 6.08 Å². The summed E-state index contributed by atoms with van der Waals surface area (Å²) < 4.78 is 5.65. The number of imide groups is 2. The normalized spacial score (nSPS) is 16.5. The summed E-state index contributed by atoms with van der Waals surface area (Å²) in [4.78, 5) is 36.7. The summed E-state index contributed by atoms with van der Waals surface area (Å²) in [7, 11) is 0. The number of likely N-dealkylation sites (N-methyl/N-ethyl adjacent to an activating group) is 1. The zero-order valence-corrected chi connectivity index (χ0v) is 14.5. The van der Waals surface area contributed by atoms with Crippen molar-refractivity contribution in [2.24, 2.45) is 0 Å². The summed E-state index contributed by atoms with van der Waals surface area (Å²) in [6.07, 6.45) is 1.30. The number of barbiturate groups is 1. The van der Waals surface area contributed by atoms with Crippen molar-refractivity contribution in [3.63, 3.8) is 0 Å². The number of carbonyl (C=O) groups is 3. The van der Waals surface area contributed by atoms with Gasteiger partial charge in [0.15, 0.2) is 0 Å². The van der Waals surface area contributed by atoms with Crippen LogP contribution in [-0.4, -0.2) is 29.3 Å². The van der Waals surface area contributed by atoms with Gasteiger partial charge in [0.2, 0.25) is 0 Å². The number of benzene rings is 1. The van der Waals surface area contributed by atoms with Crippen LogP contribution in [0.25, 0.3) is 17.4 Å². The molecule has 0 aliphatic carbocycles. The molecule has 2 heterocycles. The topological polar surface area (TPSA) is 79.6 Å². The first-order valence-electron chi connectivity index (χ1n) is 7.35. The Morgan fingerprint density at radius 2 is 1.88 bits per heavy atom. The number of urea groups is 1. The van der Waals surface area contributed by atoms with Crippen LogP contribution in [-0.2, 0) is 9.59 Å². The first-order chi connectivity index (χ1) is 11.9. The van der Waals surface area contributed by atoms with Crippen LogP contribution in [0.2, 0.25) is 10.0 Å². The van der Waals surface area contributed by atoms with Crippen LogP contribution in [0.3, 0.4) is 0 Å². The lowest BCUT2D eigenvalue weighted by Crippen LogP contribution is -2.53. The highest BCUT2D eigenvalue weighted by molar-refractivity contribution is 6.42. The van der Waals surface area contributed by atoms with Crippen molar-refractivity contribution >= 4 is 47.1 Å². The highest BCUT2D eigenvalue weighted by Crippen LogP contribution is 2.30. The van der Waals surface area contributed by atoms with E-state index >= 15 is 0 Å². The molecule has 0 unspecified atom stereocenters. The number of rotatable bonds is 3. The van der Waals surface area contributed by atoms with E-state index in [9.17, 15) is 14.4 Å². The molecule has 4 amide bonds. The Morgan fingerprint density at radius 1 is 1.12 bits per heavy atom. The van der Waals surface area contributed by atoms with Crippen LogP contribution in [0.1, 0.15) is 12.7 Å². The monoisotopic (exact) mass is 378 g/mol. The minimum atomic E-state index is -0.757. The number of hydrogen-bond donors (Lipinski definition) is 1. The van der Waals surface area contributed by atoms with Crippen LogP contribution in [0, 0.1) is 0 Å². The van der Waals surface area contributed by atoms with Crippen LogP contribution in [0.4, 0.5) is 4.79 Å². The second kappa shape index (κ2) is 6.74. The molecule has 1 aromatic heterocycles. The minimum absolute atomic E-state index is 0.155. The van der Waals surface area contributed by atoms with E-state index in [4.69, 9.17) is 27.6 Å². The van der Waals surface area contributed by atoms with Crippen molar-refractivity contribution in [1.82, 2.24) is 10.2 Å². The molecule has 1 aliphatic rings. The quantitative estimate of drug-likeness (QED) is 0.651. The van der Waals surface area contributed by atoms with Gasteiger partial charge in [0.05, 0.1) is 10.0 Å². The van der Waals surface area contributed by atoms with Gasteiger partial charge < -0.3 is 4.42 Å². The van der Waals surface area contributed by atoms with Crippen LogP contribution >= 0.6 is 23.2 Å². The van der Waals surface area contributed by atoms with Gasteiger partial charge in [-0.25, -0.2) is 4.79 Å². The van der Waals surface area contributed by atoms with Gasteiger partial charge >= 0.3 is 6.03 Å². The maximum atomic E-state index is 12.2. The summed E-state index contributed by atoms with van der Waals surface area (Å²) in [5.41, 5.74) is 0.528. The fraction of sp³-hybridized carbons (Fsp3) is 0.118. The average molecular weight is 379 g/mol. The van der Waals surface area contributed by atoms with E-state index in [-0.39, 0.29) is 12.1 Å². The third kappa shape index (κ3) is 3.31. The molecule has 128 valence electrons. The number of furan rings is 1. The highest BCUT2D eigenvalue weighted by atomic mass is 35.5. The predicted molar refractivity (Wildman–Crippen MR) is 93.1 cm³/mol. The molecular weight excluding hydrogens is 367 g/mol. The van der Waals surface area contributed by atoms with Gasteiger partial charge in [-0.05, 0) is 43.3 Å². The van der Waals surface area contributed by atoms with E-state index in [1.54, 1.807) is 37.3 Å². The molecule has 1 saturated heterocycles. The van der Waals surface area contributed by atoms with E-state index in [1.807, 2.05) is 0 Å². The molecule has 0 saturated carbocycles. The zero-order valence-electron chi connectivity index (χ0n) is 13.0. The highest BCUT2D eigenvalue weighted by Gasteiger charge is 2.34. The second-order valence-electron chi connectivity index (χ2n) is 5.20. The Bertz CT molecular complexity index is 917. The first kappa shape index (κ1) is 17.3. The zero-order chi connectivity index (χ0) is 18.1. The van der Waals surface area contributed by atoms with E-state index < -0.39 is 17.8 Å². The molecule has 1 aromatic carbocycles. The summed E-state index contributed by atoms with van der Waals surface area (Å²) in [5.74, 6) is -0.626. The Hall–Kier alpha value is -2.57. The summed E-state index contributed by atoms with van der Waals surface area (Å²) in [6.45, 7) is 1.79. The van der Waals surface area contributed by atoms with Crippen molar-refractivity contribution < 1.29 is 18.8 Å². The number of hydrogen-bond acceptors (Lipinski definition) is 4. The number of carbonyl (C=O) groups excluding carboxylic acids is 3. The SMILES string of the molecule is CCN1C(=O)NC(=O)C(=Cc2ccc(-c3ccc(Cl)c(Cl)c3)o2)C1=O. The van der Waals surface area contributed by atoms with E-state index in [0.29, 0.717) is 27.1 Å². The predicted octanol–water partition coefficient (Wildman–Crippen LogP) is 3.74. The third-order valence-electron chi connectivity index (χ3n) is 3.62.